The van der Waals surface area contributed by atoms with Crippen LogP contribution in [0.15, 0.2) is 63.9 Å². The predicted octanol–water partition coefficient (Wildman–Crippen LogP) is 5.31. The van der Waals surface area contributed by atoms with Crippen molar-refractivity contribution in [2.24, 2.45) is 0 Å². The number of thiophene rings is 1. The number of benzene rings is 1. The second kappa shape index (κ2) is 7.65. The fraction of sp³-hybridized carbons (Fsp3) is 0.167. The molecule has 0 spiro atoms. The molecule has 0 aliphatic carbocycles. The normalized spacial score (nSPS) is 12.6. The molecule has 0 radical (unpaired) electrons. The molecule has 0 saturated carbocycles. The second-order valence-corrected chi connectivity index (χ2v) is 6.28. The van der Waals surface area contributed by atoms with E-state index in [4.69, 9.17) is 4.42 Å². The number of anilines is 1. The van der Waals surface area contributed by atoms with Gasteiger partial charge in [0.15, 0.2) is 0 Å². The summed E-state index contributed by atoms with van der Waals surface area (Å²) >= 11 is 1.51. The molecule has 3 aromatic rings. The number of hydrogen-bond donors (Lipinski definition) is 2. The molecule has 4 nitrogen and oxygen atoms in total. The lowest BCUT2D eigenvalue weighted by Gasteiger charge is -2.17. The number of urea groups is 1. The molecule has 0 fully saturated rings. The zero-order chi connectivity index (χ0) is 18.6. The summed E-state index contributed by atoms with van der Waals surface area (Å²) in [6.45, 7) is 0.185. The van der Waals surface area contributed by atoms with Gasteiger partial charge >= 0.3 is 12.2 Å². The van der Waals surface area contributed by atoms with Crippen LogP contribution in [0.4, 0.5) is 23.7 Å². The van der Waals surface area contributed by atoms with Crippen LogP contribution in [-0.4, -0.2) is 12.6 Å². The summed E-state index contributed by atoms with van der Waals surface area (Å²) < 4.78 is 44.4. The number of hydrogen-bond acceptors (Lipinski definition) is 3. The van der Waals surface area contributed by atoms with E-state index in [1.165, 1.54) is 35.8 Å². The number of alkyl halides is 3. The smallest absolute Gasteiger partial charge is 0.418 e. The van der Waals surface area contributed by atoms with Crippen molar-refractivity contribution in [1.29, 1.82) is 0 Å². The minimum absolute atomic E-state index is 0.185. The highest BCUT2D eigenvalue weighted by Crippen LogP contribution is 2.34. The molecule has 136 valence electrons. The van der Waals surface area contributed by atoms with Crippen LogP contribution in [0.2, 0.25) is 0 Å². The van der Waals surface area contributed by atoms with Gasteiger partial charge in [-0.15, -0.1) is 0 Å². The van der Waals surface area contributed by atoms with Gasteiger partial charge < -0.3 is 15.1 Å². The maximum atomic E-state index is 13.0. The Balaban J connectivity index is 1.69. The van der Waals surface area contributed by atoms with Crippen LogP contribution in [0.1, 0.15) is 22.8 Å². The number of rotatable bonds is 5. The zero-order valence-electron chi connectivity index (χ0n) is 13.4. The third kappa shape index (κ3) is 4.26. The molecule has 1 unspecified atom stereocenters. The number of para-hydroxylation sites is 1. The van der Waals surface area contributed by atoms with Crippen LogP contribution in [0, 0.1) is 0 Å². The van der Waals surface area contributed by atoms with E-state index in [0.29, 0.717) is 5.76 Å². The highest BCUT2D eigenvalue weighted by Gasteiger charge is 2.33. The van der Waals surface area contributed by atoms with E-state index in [-0.39, 0.29) is 18.2 Å². The summed E-state index contributed by atoms with van der Waals surface area (Å²) in [5.74, 6) is 0.444. The zero-order valence-corrected chi connectivity index (χ0v) is 14.2. The van der Waals surface area contributed by atoms with Gasteiger partial charge in [0, 0.05) is 6.54 Å². The van der Waals surface area contributed by atoms with Gasteiger partial charge in [-0.3, -0.25) is 0 Å². The third-order valence-electron chi connectivity index (χ3n) is 3.78. The van der Waals surface area contributed by atoms with Crippen LogP contribution in [0.25, 0.3) is 0 Å². The molecule has 0 aliphatic heterocycles. The first-order valence-corrected chi connectivity index (χ1v) is 8.66. The Kier molecular flexibility index (Phi) is 5.32. The van der Waals surface area contributed by atoms with E-state index in [9.17, 15) is 18.0 Å². The van der Waals surface area contributed by atoms with E-state index in [1.807, 2.05) is 16.8 Å². The quantitative estimate of drug-likeness (QED) is 0.630. The molecule has 3 rings (SSSR count). The second-order valence-electron chi connectivity index (χ2n) is 5.50. The minimum Gasteiger partial charge on any atom is -0.469 e. The average Bonchev–Trinajstić information content (AvgIpc) is 3.28. The molecule has 2 aromatic heterocycles. The molecule has 2 heterocycles. The fourth-order valence-electron chi connectivity index (χ4n) is 2.55. The minimum atomic E-state index is -4.54. The van der Waals surface area contributed by atoms with Crippen LogP contribution in [-0.2, 0) is 6.18 Å². The summed E-state index contributed by atoms with van der Waals surface area (Å²) in [5.41, 5.74) is -0.223. The highest BCUT2D eigenvalue weighted by atomic mass is 32.1. The van der Waals surface area contributed by atoms with Gasteiger partial charge in [0.25, 0.3) is 0 Å². The van der Waals surface area contributed by atoms with Crippen molar-refractivity contribution in [3.63, 3.8) is 0 Å². The largest absolute Gasteiger partial charge is 0.469 e. The Morgan fingerprint density at radius 3 is 2.62 bits per heavy atom. The van der Waals surface area contributed by atoms with Crippen molar-refractivity contribution < 1.29 is 22.4 Å². The molecule has 2 N–H and O–H groups in total. The van der Waals surface area contributed by atoms with Gasteiger partial charge in [0.05, 0.1) is 23.4 Å². The first kappa shape index (κ1) is 18.1. The number of halogens is 3. The average molecular weight is 380 g/mol. The van der Waals surface area contributed by atoms with E-state index in [0.717, 1.165) is 11.6 Å². The lowest BCUT2D eigenvalue weighted by molar-refractivity contribution is -0.136. The molecule has 0 aliphatic rings. The maximum Gasteiger partial charge on any atom is 0.418 e. The van der Waals surface area contributed by atoms with E-state index < -0.39 is 17.8 Å². The predicted molar refractivity (Wildman–Crippen MR) is 93.3 cm³/mol. The molecule has 26 heavy (non-hydrogen) atoms. The molecule has 2 amide bonds. The molecule has 8 heteroatoms. The SMILES string of the molecule is O=C(NCC(c1ccsc1)c1ccco1)Nc1ccccc1C(F)(F)F. The Morgan fingerprint density at radius 1 is 1.15 bits per heavy atom. The van der Waals surface area contributed by atoms with Crippen molar-refractivity contribution in [2.75, 3.05) is 11.9 Å². The Hall–Kier alpha value is -2.74. The molecule has 0 bridgehead atoms. The lowest BCUT2D eigenvalue weighted by Crippen LogP contribution is -2.33. The number of carbonyl (C=O) groups excluding carboxylic acids is 1. The van der Waals surface area contributed by atoms with Gasteiger partial charge in [0.1, 0.15) is 5.76 Å². The van der Waals surface area contributed by atoms with E-state index in [2.05, 4.69) is 10.6 Å². The van der Waals surface area contributed by atoms with Crippen molar-refractivity contribution in [1.82, 2.24) is 5.32 Å². The van der Waals surface area contributed by atoms with Crippen molar-refractivity contribution >= 4 is 23.1 Å². The van der Waals surface area contributed by atoms with Gasteiger partial charge in [0.2, 0.25) is 0 Å². The van der Waals surface area contributed by atoms with E-state index in [1.54, 1.807) is 12.1 Å². The molecule has 0 saturated heterocycles. The van der Waals surface area contributed by atoms with Gasteiger partial charge in [-0.2, -0.15) is 24.5 Å². The first-order valence-electron chi connectivity index (χ1n) is 7.71. The first-order chi connectivity index (χ1) is 12.4. The molecular formula is C18H15F3N2O2S. The number of carbonyl (C=O) groups is 1. The number of furan rings is 1. The Morgan fingerprint density at radius 2 is 1.96 bits per heavy atom. The van der Waals surface area contributed by atoms with Crippen LogP contribution in [0.5, 0.6) is 0 Å². The summed E-state index contributed by atoms with van der Waals surface area (Å²) in [7, 11) is 0. The van der Waals surface area contributed by atoms with Crippen LogP contribution < -0.4 is 10.6 Å². The lowest BCUT2D eigenvalue weighted by atomic mass is 9.99. The standard InChI is InChI=1S/C18H15F3N2O2S/c19-18(20,21)14-4-1-2-5-15(14)23-17(24)22-10-13(12-7-9-26-11-12)16-6-3-8-25-16/h1-9,11,13H,10H2,(H2,22,23,24). The van der Waals surface area contributed by atoms with Crippen LogP contribution >= 0.6 is 11.3 Å². The summed E-state index contributed by atoms with van der Waals surface area (Å²) in [5, 5.41) is 8.72. The fourth-order valence-corrected chi connectivity index (χ4v) is 3.26. The molecular weight excluding hydrogens is 365 g/mol. The van der Waals surface area contributed by atoms with Gasteiger partial charge in [-0.05, 0) is 46.7 Å². The van der Waals surface area contributed by atoms with Gasteiger partial charge in [-0.25, -0.2) is 4.79 Å². The third-order valence-corrected chi connectivity index (χ3v) is 4.48. The van der Waals surface area contributed by atoms with Crippen molar-refractivity contribution in [3.8, 4) is 0 Å². The van der Waals surface area contributed by atoms with Crippen LogP contribution in [0.3, 0.4) is 0 Å². The van der Waals surface area contributed by atoms with Crippen molar-refractivity contribution in [3.05, 3.63) is 76.4 Å². The Labute approximate surface area is 151 Å². The Bertz CT molecular complexity index is 811. The van der Waals surface area contributed by atoms with E-state index >= 15 is 0 Å². The summed E-state index contributed by atoms with van der Waals surface area (Å²) in [6.07, 6.45) is -3.01. The van der Waals surface area contributed by atoms with Crippen molar-refractivity contribution in [2.45, 2.75) is 12.1 Å². The molecule has 1 aromatic carbocycles. The summed E-state index contributed by atoms with van der Waals surface area (Å²) in [6, 6.07) is 9.58. The highest BCUT2D eigenvalue weighted by molar-refractivity contribution is 7.08. The topological polar surface area (TPSA) is 54.3 Å². The number of nitrogens with one attached hydrogen (secondary N) is 2. The summed E-state index contributed by atoms with van der Waals surface area (Å²) in [4.78, 5) is 12.1. The molecule has 1 atom stereocenters. The monoisotopic (exact) mass is 380 g/mol. The maximum absolute atomic E-state index is 13.0. The van der Waals surface area contributed by atoms with Gasteiger partial charge in [-0.1, -0.05) is 12.1 Å². The number of amides is 2.